The van der Waals surface area contributed by atoms with Crippen LogP contribution in [0.1, 0.15) is 24.0 Å². The average Bonchev–Trinajstić information content (AvgIpc) is 2.30. The molecule has 1 fully saturated rings. The van der Waals surface area contributed by atoms with Gasteiger partial charge in [-0.25, -0.2) is 0 Å². The topological polar surface area (TPSA) is 56.0 Å². The van der Waals surface area contributed by atoms with Gasteiger partial charge < -0.3 is 10.4 Å². The number of rotatable bonds is 1. The summed E-state index contributed by atoms with van der Waals surface area (Å²) in [7, 11) is 0. The van der Waals surface area contributed by atoms with Crippen LogP contribution < -0.4 is 5.32 Å². The van der Waals surface area contributed by atoms with Crippen molar-refractivity contribution in [3.05, 3.63) is 35.4 Å². The molecule has 1 heterocycles. The van der Waals surface area contributed by atoms with Crippen LogP contribution in [0.2, 0.25) is 0 Å². The minimum absolute atomic E-state index is 0. The smallest absolute Gasteiger partial charge is 0.0991 e. The van der Waals surface area contributed by atoms with Crippen LogP contribution >= 0.6 is 12.4 Å². The summed E-state index contributed by atoms with van der Waals surface area (Å²) in [6, 6.07) is 9.30. The van der Waals surface area contributed by atoms with Gasteiger partial charge >= 0.3 is 0 Å². The van der Waals surface area contributed by atoms with Gasteiger partial charge in [-0.1, -0.05) is 12.1 Å². The summed E-state index contributed by atoms with van der Waals surface area (Å²) in [5.41, 5.74) is 0.846. The van der Waals surface area contributed by atoms with Gasteiger partial charge in [-0.3, -0.25) is 0 Å². The highest BCUT2D eigenvalue weighted by Crippen LogP contribution is 2.30. The van der Waals surface area contributed by atoms with E-state index in [9.17, 15) is 5.11 Å². The fourth-order valence-electron chi connectivity index (χ4n) is 1.98. The number of piperidine rings is 1. The number of nitrogens with zero attached hydrogens (tertiary/aromatic N) is 1. The zero-order valence-electron chi connectivity index (χ0n) is 8.94. The Bertz CT molecular complexity index is 377. The van der Waals surface area contributed by atoms with Crippen molar-refractivity contribution in [3.63, 3.8) is 0 Å². The summed E-state index contributed by atoms with van der Waals surface area (Å²) in [5, 5.41) is 22.3. The monoisotopic (exact) mass is 238 g/mol. The number of benzene rings is 1. The maximum absolute atomic E-state index is 10.4. The van der Waals surface area contributed by atoms with Gasteiger partial charge in [0.1, 0.15) is 0 Å². The molecule has 0 amide bonds. The summed E-state index contributed by atoms with van der Waals surface area (Å²) in [6.07, 6.45) is 1.47. The summed E-state index contributed by atoms with van der Waals surface area (Å²) < 4.78 is 0. The molecular formula is C12H15ClN2O. The Balaban J connectivity index is 0.00000128. The molecule has 86 valence electrons. The first-order chi connectivity index (χ1) is 7.24. The fraction of sp³-hybridized carbons (Fsp3) is 0.417. The van der Waals surface area contributed by atoms with E-state index in [0.717, 1.165) is 31.5 Å². The van der Waals surface area contributed by atoms with Crippen LogP contribution in [-0.2, 0) is 5.60 Å². The quantitative estimate of drug-likeness (QED) is 0.781. The molecule has 16 heavy (non-hydrogen) atoms. The summed E-state index contributed by atoms with van der Waals surface area (Å²) in [6.45, 7) is 1.69. The highest BCUT2D eigenvalue weighted by molar-refractivity contribution is 5.85. The predicted octanol–water partition coefficient (Wildman–Crippen LogP) is 1.55. The number of hydrogen-bond acceptors (Lipinski definition) is 3. The first-order valence-electron chi connectivity index (χ1n) is 5.18. The van der Waals surface area contributed by atoms with Crippen LogP contribution in [0.3, 0.4) is 0 Å². The van der Waals surface area contributed by atoms with Gasteiger partial charge in [-0.15, -0.1) is 12.4 Å². The van der Waals surface area contributed by atoms with Crippen molar-refractivity contribution < 1.29 is 5.11 Å². The van der Waals surface area contributed by atoms with E-state index >= 15 is 0 Å². The van der Waals surface area contributed by atoms with Crippen LogP contribution in [0, 0.1) is 11.3 Å². The van der Waals surface area contributed by atoms with Gasteiger partial charge in [-0.05, 0) is 43.6 Å². The summed E-state index contributed by atoms with van der Waals surface area (Å²) in [5.74, 6) is 0. The molecule has 0 radical (unpaired) electrons. The van der Waals surface area contributed by atoms with Crippen molar-refractivity contribution in [2.75, 3.05) is 13.1 Å². The average molecular weight is 239 g/mol. The molecule has 4 heteroatoms. The fourth-order valence-corrected chi connectivity index (χ4v) is 1.98. The maximum Gasteiger partial charge on any atom is 0.0991 e. The molecule has 1 saturated heterocycles. The molecule has 0 atom stereocenters. The lowest BCUT2D eigenvalue weighted by molar-refractivity contribution is 0.00594. The normalized spacial score (nSPS) is 18.2. The van der Waals surface area contributed by atoms with E-state index in [-0.39, 0.29) is 12.4 Å². The second kappa shape index (κ2) is 5.31. The zero-order chi connectivity index (χ0) is 10.7. The Morgan fingerprint density at radius 3 is 2.25 bits per heavy atom. The Morgan fingerprint density at radius 1 is 1.19 bits per heavy atom. The van der Waals surface area contributed by atoms with Gasteiger partial charge in [-0.2, -0.15) is 5.26 Å². The predicted molar refractivity (Wildman–Crippen MR) is 64.4 cm³/mol. The van der Waals surface area contributed by atoms with Gasteiger partial charge in [0.2, 0.25) is 0 Å². The van der Waals surface area contributed by atoms with Crippen LogP contribution in [0.15, 0.2) is 24.3 Å². The largest absolute Gasteiger partial charge is 0.385 e. The van der Waals surface area contributed by atoms with E-state index in [2.05, 4.69) is 11.4 Å². The van der Waals surface area contributed by atoms with Gasteiger partial charge in [0.25, 0.3) is 0 Å². The second-order valence-corrected chi connectivity index (χ2v) is 3.97. The van der Waals surface area contributed by atoms with Crippen molar-refractivity contribution in [2.45, 2.75) is 18.4 Å². The summed E-state index contributed by atoms with van der Waals surface area (Å²) in [4.78, 5) is 0. The number of nitrogens with one attached hydrogen (secondary N) is 1. The molecule has 1 aliphatic heterocycles. The molecule has 3 nitrogen and oxygen atoms in total. The molecule has 2 N–H and O–H groups in total. The molecule has 0 unspecified atom stereocenters. The van der Waals surface area contributed by atoms with E-state index in [4.69, 9.17) is 5.26 Å². The van der Waals surface area contributed by atoms with Crippen molar-refractivity contribution >= 4 is 12.4 Å². The first kappa shape index (κ1) is 13.0. The Labute approximate surface area is 102 Å². The van der Waals surface area contributed by atoms with Crippen LogP contribution in [-0.4, -0.2) is 18.2 Å². The molecule has 1 aromatic rings. The first-order valence-corrected chi connectivity index (χ1v) is 5.18. The minimum atomic E-state index is -0.709. The van der Waals surface area contributed by atoms with Gasteiger partial charge in [0, 0.05) is 0 Å². The number of aliphatic hydroxyl groups is 1. The van der Waals surface area contributed by atoms with Crippen LogP contribution in [0.25, 0.3) is 0 Å². The third-order valence-electron chi connectivity index (χ3n) is 2.98. The Morgan fingerprint density at radius 2 is 1.75 bits per heavy atom. The standard InChI is InChI=1S/C12H14N2O.ClH/c13-9-10-1-3-11(4-2-10)12(15)5-7-14-8-6-12;/h1-4,14-15H,5-8H2;1H. The van der Waals surface area contributed by atoms with Crippen LogP contribution in [0.4, 0.5) is 0 Å². The van der Waals surface area contributed by atoms with E-state index in [1.165, 1.54) is 0 Å². The lowest BCUT2D eigenvalue weighted by Crippen LogP contribution is -2.39. The second-order valence-electron chi connectivity index (χ2n) is 3.97. The van der Waals surface area contributed by atoms with Crippen molar-refractivity contribution in [1.82, 2.24) is 5.32 Å². The maximum atomic E-state index is 10.4. The SMILES string of the molecule is Cl.N#Cc1ccc(C2(O)CCNCC2)cc1. The molecule has 0 aliphatic carbocycles. The highest BCUT2D eigenvalue weighted by Gasteiger charge is 2.30. The molecular weight excluding hydrogens is 224 g/mol. The number of hydrogen-bond donors (Lipinski definition) is 2. The Kier molecular flexibility index (Phi) is 4.31. The Hall–Kier alpha value is -1.08. The lowest BCUT2D eigenvalue weighted by Gasteiger charge is -2.33. The number of halogens is 1. The van der Waals surface area contributed by atoms with Crippen molar-refractivity contribution in [3.8, 4) is 6.07 Å². The molecule has 0 bridgehead atoms. The van der Waals surface area contributed by atoms with Crippen molar-refractivity contribution in [1.29, 1.82) is 5.26 Å². The lowest BCUT2D eigenvalue weighted by atomic mass is 9.85. The third kappa shape index (κ3) is 2.53. The minimum Gasteiger partial charge on any atom is -0.385 e. The highest BCUT2D eigenvalue weighted by atomic mass is 35.5. The van der Waals surface area contributed by atoms with E-state index in [1.54, 1.807) is 12.1 Å². The molecule has 1 aromatic carbocycles. The third-order valence-corrected chi connectivity index (χ3v) is 2.98. The zero-order valence-corrected chi connectivity index (χ0v) is 9.76. The van der Waals surface area contributed by atoms with Gasteiger partial charge in [0.05, 0.1) is 17.2 Å². The molecule has 1 aliphatic rings. The van der Waals surface area contributed by atoms with Gasteiger partial charge in [0.15, 0.2) is 0 Å². The van der Waals surface area contributed by atoms with Crippen LogP contribution in [0.5, 0.6) is 0 Å². The van der Waals surface area contributed by atoms with E-state index in [1.807, 2.05) is 12.1 Å². The molecule has 0 saturated carbocycles. The van der Waals surface area contributed by atoms with E-state index < -0.39 is 5.60 Å². The van der Waals surface area contributed by atoms with E-state index in [0.29, 0.717) is 5.56 Å². The molecule has 2 rings (SSSR count). The molecule has 0 spiro atoms. The van der Waals surface area contributed by atoms with Crippen molar-refractivity contribution in [2.24, 2.45) is 0 Å². The summed E-state index contributed by atoms with van der Waals surface area (Å²) >= 11 is 0. The number of nitriles is 1. The molecule has 0 aromatic heterocycles.